The number of nitrogens with one attached hydrogen (secondary N) is 1. The van der Waals surface area contributed by atoms with Crippen LogP contribution in [0.2, 0.25) is 0 Å². The number of rotatable bonds is 6. The molecule has 0 aromatic heterocycles. The molecule has 3 rings (SSSR count). The summed E-state index contributed by atoms with van der Waals surface area (Å²) in [6, 6.07) is 10.9. The Morgan fingerprint density at radius 1 is 1.16 bits per heavy atom. The van der Waals surface area contributed by atoms with Crippen molar-refractivity contribution in [2.75, 3.05) is 16.8 Å². The molecule has 32 heavy (non-hydrogen) atoms. The first-order valence-corrected chi connectivity index (χ1v) is 11.5. The predicted octanol–water partition coefficient (Wildman–Crippen LogP) is 1.87. The second-order valence-electron chi connectivity index (χ2n) is 7.76. The Bertz CT molecular complexity index is 1160. The van der Waals surface area contributed by atoms with Gasteiger partial charge >= 0.3 is 5.97 Å². The van der Waals surface area contributed by atoms with Gasteiger partial charge in [-0.1, -0.05) is 12.1 Å². The second-order valence-corrected chi connectivity index (χ2v) is 9.32. The van der Waals surface area contributed by atoms with Crippen molar-refractivity contribution in [3.63, 3.8) is 0 Å². The van der Waals surface area contributed by atoms with Gasteiger partial charge in [-0.05, 0) is 62.2 Å². The van der Waals surface area contributed by atoms with E-state index in [4.69, 9.17) is 9.88 Å². The van der Waals surface area contributed by atoms with Crippen molar-refractivity contribution in [3.05, 3.63) is 53.6 Å². The zero-order valence-electron chi connectivity index (χ0n) is 18.0. The highest BCUT2D eigenvalue weighted by atomic mass is 32.2. The molecule has 1 aliphatic heterocycles. The molecule has 3 N–H and O–H groups in total. The molecular formula is C22H25N3O6S. The first kappa shape index (κ1) is 23.4. The first-order chi connectivity index (χ1) is 15.0. The minimum absolute atomic E-state index is 0.00950. The average molecular weight is 460 g/mol. The standard InChI is InChI=1S/C22H25N3O6S/c1-13-5-4-6-19(14(13)2)25-12-16(11-20(25)26)22(28)31-15(3)21(27)24-17-7-9-18(10-8-17)32(23,29)30/h4-10,15-16H,11-12H2,1-3H3,(H,24,27)(H2,23,29,30)/t15-,16-/m0/s1. The van der Waals surface area contributed by atoms with Crippen molar-refractivity contribution in [2.24, 2.45) is 11.1 Å². The maximum atomic E-state index is 12.6. The molecule has 0 aliphatic carbocycles. The van der Waals surface area contributed by atoms with Crippen LogP contribution in [0.5, 0.6) is 0 Å². The number of carbonyl (C=O) groups excluding carboxylic acids is 3. The quantitative estimate of drug-likeness (QED) is 0.633. The molecule has 2 amide bonds. The number of primary sulfonamides is 1. The highest BCUT2D eigenvalue weighted by Crippen LogP contribution is 2.30. The number of nitrogens with two attached hydrogens (primary N) is 1. The van der Waals surface area contributed by atoms with Crippen LogP contribution in [0.1, 0.15) is 24.5 Å². The molecule has 1 saturated heterocycles. The SMILES string of the molecule is Cc1cccc(N2C[C@@H](C(=O)O[C@@H](C)C(=O)Nc3ccc(S(N)(=O)=O)cc3)CC2=O)c1C. The van der Waals surface area contributed by atoms with Crippen molar-refractivity contribution in [1.82, 2.24) is 0 Å². The predicted molar refractivity (Wildman–Crippen MR) is 118 cm³/mol. The van der Waals surface area contributed by atoms with E-state index in [0.29, 0.717) is 5.69 Å². The van der Waals surface area contributed by atoms with Crippen LogP contribution in [0.25, 0.3) is 0 Å². The van der Waals surface area contributed by atoms with Gasteiger partial charge in [0.15, 0.2) is 6.10 Å². The van der Waals surface area contributed by atoms with Crippen LogP contribution in [-0.2, 0) is 29.1 Å². The third-order valence-corrected chi connectivity index (χ3v) is 6.37. The van der Waals surface area contributed by atoms with E-state index in [1.54, 1.807) is 4.90 Å². The number of aryl methyl sites for hydroxylation is 1. The molecule has 0 unspecified atom stereocenters. The number of nitrogens with zero attached hydrogens (tertiary/aromatic N) is 1. The van der Waals surface area contributed by atoms with Gasteiger partial charge in [0.1, 0.15) is 0 Å². The maximum absolute atomic E-state index is 12.6. The molecule has 1 fully saturated rings. The van der Waals surface area contributed by atoms with E-state index in [-0.39, 0.29) is 23.8 Å². The number of amides is 2. The Labute approximate surface area is 186 Å². The molecule has 170 valence electrons. The molecule has 0 bridgehead atoms. The lowest BCUT2D eigenvalue weighted by molar-refractivity contribution is -0.157. The van der Waals surface area contributed by atoms with Crippen molar-refractivity contribution in [2.45, 2.75) is 38.2 Å². The monoisotopic (exact) mass is 459 g/mol. The lowest BCUT2D eigenvalue weighted by Crippen LogP contribution is -2.33. The normalized spacial score (nSPS) is 17.2. The molecule has 9 nitrogen and oxygen atoms in total. The van der Waals surface area contributed by atoms with E-state index in [0.717, 1.165) is 16.8 Å². The fraction of sp³-hybridized carbons (Fsp3) is 0.318. The van der Waals surface area contributed by atoms with Crippen molar-refractivity contribution in [1.29, 1.82) is 0 Å². The summed E-state index contributed by atoms with van der Waals surface area (Å²) in [5, 5.41) is 7.59. The minimum atomic E-state index is -3.84. The minimum Gasteiger partial charge on any atom is -0.452 e. The van der Waals surface area contributed by atoms with E-state index >= 15 is 0 Å². The number of esters is 1. The summed E-state index contributed by atoms with van der Waals surface area (Å²) in [5.41, 5.74) is 3.10. The molecule has 2 aromatic rings. The Kier molecular flexibility index (Phi) is 6.65. The Morgan fingerprint density at radius 3 is 2.44 bits per heavy atom. The Morgan fingerprint density at radius 2 is 1.81 bits per heavy atom. The summed E-state index contributed by atoms with van der Waals surface area (Å²) in [6.07, 6.45) is -1.10. The average Bonchev–Trinajstić information content (AvgIpc) is 3.11. The van der Waals surface area contributed by atoms with E-state index in [9.17, 15) is 22.8 Å². The molecule has 0 saturated carbocycles. The van der Waals surface area contributed by atoms with Gasteiger partial charge in [-0.15, -0.1) is 0 Å². The van der Waals surface area contributed by atoms with Gasteiger partial charge in [-0.2, -0.15) is 0 Å². The van der Waals surface area contributed by atoms with Crippen LogP contribution in [0, 0.1) is 19.8 Å². The first-order valence-electron chi connectivity index (χ1n) is 9.98. The summed E-state index contributed by atoms with van der Waals surface area (Å²) in [4.78, 5) is 38.9. The molecule has 1 heterocycles. The van der Waals surface area contributed by atoms with Crippen LogP contribution < -0.4 is 15.4 Å². The lowest BCUT2D eigenvalue weighted by Gasteiger charge is -2.20. The molecule has 1 aliphatic rings. The Hall–Kier alpha value is -3.24. The largest absolute Gasteiger partial charge is 0.452 e. The summed E-state index contributed by atoms with van der Waals surface area (Å²) in [6.45, 7) is 5.48. The van der Waals surface area contributed by atoms with Crippen LogP contribution in [0.4, 0.5) is 11.4 Å². The summed E-state index contributed by atoms with van der Waals surface area (Å²) >= 11 is 0. The lowest BCUT2D eigenvalue weighted by atomic mass is 10.1. The molecule has 2 atom stereocenters. The number of anilines is 2. The molecule has 0 spiro atoms. The number of benzene rings is 2. The molecule has 2 aromatic carbocycles. The van der Waals surface area contributed by atoms with Crippen LogP contribution in [-0.4, -0.2) is 38.9 Å². The van der Waals surface area contributed by atoms with Crippen molar-refractivity contribution < 1.29 is 27.5 Å². The van der Waals surface area contributed by atoms with Gasteiger partial charge in [0.05, 0.1) is 10.8 Å². The fourth-order valence-electron chi connectivity index (χ4n) is 3.42. The Balaban J connectivity index is 1.60. The van der Waals surface area contributed by atoms with E-state index in [1.807, 2.05) is 32.0 Å². The molecular weight excluding hydrogens is 434 g/mol. The van der Waals surface area contributed by atoms with Gasteiger partial charge in [-0.3, -0.25) is 14.4 Å². The zero-order chi connectivity index (χ0) is 23.6. The number of hydrogen-bond acceptors (Lipinski definition) is 6. The summed E-state index contributed by atoms with van der Waals surface area (Å²) in [5.74, 6) is -2.06. The summed E-state index contributed by atoms with van der Waals surface area (Å²) in [7, 11) is -3.84. The van der Waals surface area contributed by atoms with Gasteiger partial charge in [0.25, 0.3) is 5.91 Å². The second kappa shape index (κ2) is 9.09. The number of carbonyl (C=O) groups is 3. The third-order valence-electron chi connectivity index (χ3n) is 5.44. The van der Waals surface area contributed by atoms with Gasteiger partial charge in [0, 0.05) is 24.3 Å². The number of hydrogen-bond donors (Lipinski definition) is 2. The third kappa shape index (κ3) is 5.14. The number of sulfonamides is 1. The highest BCUT2D eigenvalue weighted by molar-refractivity contribution is 7.89. The fourth-order valence-corrected chi connectivity index (χ4v) is 3.94. The van der Waals surface area contributed by atoms with E-state index in [1.165, 1.54) is 31.2 Å². The van der Waals surface area contributed by atoms with E-state index < -0.39 is 33.9 Å². The molecule has 0 radical (unpaired) electrons. The van der Waals surface area contributed by atoms with Crippen LogP contribution in [0.3, 0.4) is 0 Å². The van der Waals surface area contributed by atoms with Gasteiger partial charge < -0.3 is 15.0 Å². The topological polar surface area (TPSA) is 136 Å². The maximum Gasteiger partial charge on any atom is 0.312 e. The van der Waals surface area contributed by atoms with E-state index in [2.05, 4.69) is 5.32 Å². The highest BCUT2D eigenvalue weighted by Gasteiger charge is 2.37. The zero-order valence-corrected chi connectivity index (χ0v) is 18.8. The van der Waals surface area contributed by atoms with Gasteiger partial charge in [0.2, 0.25) is 15.9 Å². The van der Waals surface area contributed by atoms with Crippen molar-refractivity contribution in [3.8, 4) is 0 Å². The summed E-state index contributed by atoms with van der Waals surface area (Å²) < 4.78 is 27.9. The van der Waals surface area contributed by atoms with Crippen molar-refractivity contribution >= 4 is 39.2 Å². The molecule has 10 heteroatoms. The smallest absolute Gasteiger partial charge is 0.312 e. The van der Waals surface area contributed by atoms with Gasteiger partial charge in [-0.25, -0.2) is 13.6 Å². The number of ether oxygens (including phenoxy) is 1. The van der Waals surface area contributed by atoms with Crippen LogP contribution in [0.15, 0.2) is 47.4 Å². The van der Waals surface area contributed by atoms with Crippen LogP contribution >= 0.6 is 0 Å².